The molecule has 0 atom stereocenters. The van der Waals surface area contributed by atoms with Crippen LogP contribution in [-0.4, -0.2) is 42.1 Å². The molecule has 0 radical (unpaired) electrons. The summed E-state index contributed by atoms with van der Waals surface area (Å²) in [7, 11) is 2.10. The summed E-state index contributed by atoms with van der Waals surface area (Å²) in [5.74, 6) is 0.0925. The number of aryl methyl sites for hydroxylation is 1. The number of carbonyl (C=O) groups excluding carboxylic acids is 1. The Kier molecular flexibility index (Phi) is 4.24. The molecule has 1 saturated heterocycles. The summed E-state index contributed by atoms with van der Waals surface area (Å²) >= 11 is 0. The van der Waals surface area contributed by atoms with Gasteiger partial charge in [0.2, 0.25) is 5.76 Å². The smallest absolute Gasteiger partial charge is 0.290 e. The molecule has 22 heavy (non-hydrogen) atoms. The van der Waals surface area contributed by atoms with E-state index < -0.39 is 0 Å². The maximum atomic E-state index is 12.2. The number of likely N-dealkylation sites (tertiary alicyclic amines) is 1. The minimum atomic E-state index is -0.180. The first-order chi connectivity index (χ1) is 10.6. The Balaban J connectivity index is 1.65. The van der Waals surface area contributed by atoms with E-state index in [4.69, 9.17) is 4.52 Å². The summed E-state index contributed by atoms with van der Waals surface area (Å²) in [5.41, 5.74) is 2.83. The average Bonchev–Trinajstić information content (AvgIpc) is 3.00. The van der Waals surface area contributed by atoms with E-state index in [0.717, 1.165) is 31.5 Å². The van der Waals surface area contributed by atoms with Crippen LogP contribution in [0.15, 0.2) is 34.9 Å². The predicted octanol–water partition coefficient (Wildman–Crippen LogP) is 2.47. The van der Waals surface area contributed by atoms with E-state index in [2.05, 4.69) is 22.4 Å². The second-order valence-corrected chi connectivity index (χ2v) is 5.99. The average molecular weight is 299 g/mol. The number of rotatable bonds is 3. The minimum Gasteiger partial charge on any atom is -0.350 e. The van der Waals surface area contributed by atoms with Crippen molar-refractivity contribution in [1.82, 2.24) is 15.4 Å². The molecular weight excluding hydrogens is 278 g/mol. The lowest BCUT2D eigenvalue weighted by atomic mass is 10.1. The highest BCUT2D eigenvalue weighted by atomic mass is 16.5. The monoisotopic (exact) mass is 299 g/mol. The van der Waals surface area contributed by atoms with Crippen molar-refractivity contribution in [3.63, 3.8) is 0 Å². The Morgan fingerprint density at radius 2 is 1.95 bits per heavy atom. The Bertz CT molecular complexity index is 640. The third kappa shape index (κ3) is 3.36. The lowest BCUT2D eigenvalue weighted by molar-refractivity contribution is 0.0879. The molecule has 1 aromatic heterocycles. The number of piperidine rings is 1. The third-order valence-corrected chi connectivity index (χ3v) is 4.14. The zero-order valence-corrected chi connectivity index (χ0v) is 13.0. The van der Waals surface area contributed by atoms with Crippen LogP contribution in [0, 0.1) is 6.92 Å². The van der Waals surface area contributed by atoms with Crippen LogP contribution in [0.25, 0.3) is 11.3 Å². The Morgan fingerprint density at radius 1 is 1.27 bits per heavy atom. The second-order valence-electron chi connectivity index (χ2n) is 5.99. The first-order valence-corrected chi connectivity index (χ1v) is 7.65. The molecule has 1 fully saturated rings. The van der Waals surface area contributed by atoms with E-state index in [9.17, 15) is 4.79 Å². The number of hydrogen-bond donors (Lipinski definition) is 1. The number of nitrogens with one attached hydrogen (secondary N) is 1. The summed E-state index contributed by atoms with van der Waals surface area (Å²) in [6.45, 7) is 4.05. The molecule has 2 heterocycles. The van der Waals surface area contributed by atoms with Gasteiger partial charge in [0, 0.05) is 17.7 Å². The van der Waals surface area contributed by atoms with E-state index in [1.165, 1.54) is 5.56 Å². The molecule has 116 valence electrons. The Hall–Kier alpha value is -2.14. The number of aromatic nitrogens is 1. The maximum absolute atomic E-state index is 12.2. The highest BCUT2D eigenvalue weighted by molar-refractivity contribution is 5.92. The van der Waals surface area contributed by atoms with Crippen LogP contribution in [0.2, 0.25) is 0 Å². The topological polar surface area (TPSA) is 58.4 Å². The standard InChI is InChI=1S/C17H21N3O2/c1-12-3-5-13(6-4-12)15-11-16(22-19-15)17(21)18-14-7-9-20(2)10-8-14/h3-6,11,14H,7-10H2,1-2H3,(H,18,21). The van der Waals surface area contributed by atoms with Gasteiger partial charge in [0.15, 0.2) is 0 Å². The summed E-state index contributed by atoms with van der Waals surface area (Å²) in [6.07, 6.45) is 1.95. The molecule has 1 N–H and O–H groups in total. The quantitative estimate of drug-likeness (QED) is 0.946. The predicted molar refractivity (Wildman–Crippen MR) is 84.7 cm³/mol. The number of benzene rings is 1. The molecule has 0 bridgehead atoms. The van der Waals surface area contributed by atoms with Crippen molar-refractivity contribution < 1.29 is 9.32 Å². The Labute approximate surface area is 130 Å². The summed E-state index contributed by atoms with van der Waals surface area (Å²) in [4.78, 5) is 14.5. The van der Waals surface area contributed by atoms with Gasteiger partial charge in [-0.15, -0.1) is 0 Å². The van der Waals surface area contributed by atoms with Crippen LogP contribution >= 0.6 is 0 Å². The van der Waals surface area contributed by atoms with Crippen LogP contribution in [0.5, 0.6) is 0 Å². The van der Waals surface area contributed by atoms with Gasteiger partial charge in [0.25, 0.3) is 5.91 Å². The van der Waals surface area contributed by atoms with Crippen molar-refractivity contribution in [2.75, 3.05) is 20.1 Å². The molecular formula is C17H21N3O2. The Morgan fingerprint density at radius 3 is 2.64 bits per heavy atom. The van der Waals surface area contributed by atoms with Crippen LogP contribution in [0.3, 0.4) is 0 Å². The lowest BCUT2D eigenvalue weighted by Crippen LogP contribution is -2.43. The van der Waals surface area contributed by atoms with Gasteiger partial charge in [-0.05, 0) is 39.9 Å². The lowest BCUT2D eigenvalue weighted by Gasteiger charge is -2.29. The second kappa shape index (κ2) is 6.32. The van der Waals surface area contributed by atoms with Gasteiger partial charge in [-0.2, -0.15) is 0 Å². The number of amides is 1. The molecule has 0 saturated carbocycles. The van der Waals surface area contributed by atoms with Gasteiger partial charge in [-0.3, -0.25) is 4.79 Å². The maximum Gasteiger partial charge on any atom is 0.290 e. The first-order valence-electron chi connectivity index (χ1n) is 7.65. The summed E-state index contributed by atoms with van der Waals surface area (Å²) in [6, 6.07) is 9.91. The molecule has 1 aromatic carbocycles. The van der Waals surface area contributed by atoms with E-state index in [1.54, 1.807) is 6.07 Å². The highest BCUT2D eigenvalue weighted by Crippen LogP contribution is 2.20. The van der Waals surface area contributed by atoms with Gasteiger partial charge >= 0.3 is 0 Å². The SMILES string of the molecule is Cc1ccc(-c2cc(C(=O)NC3CCN(C)CC3)on2)cc1. The van der Waals surface area contributed by atoms with Crippen LogP contribution in [0.1, 0.15) is 29.0 Å². The molecule has 2 aromatic rings. The molecule has 0 unspecified atom stereocenters. The minimum absolute atomic E-state index is 0.180. The summed E-state index contributed by atoms with van der Waals surface area (Å²) in [5, 5.41) is 7.03. The van der Waals surface area contributed by atoms with Gasteiger partial charge < -0.3 is 14.7 Å². The van der Waals surface area contributed by atoms with E-state index in [1.807, 2.05) is 31.2 Å². The van der Waals surface area contributed by atoms with Gasteiger partial charge in [0.1, 0.15) is 5.69 Å². The zero-order valence-electron chi connectivity index (χ0n) is 13.0. The van der Waals surface area contributed by atoms with Crippen molar-refractivity contribution >= 4 is 5.91 Å². The fourth-order valence-corrected chi connectivity index (χ4v) is 2.65. The molecule has 0 spiro atoms. The highest BCUT2D eigenvalue weighted by Gasteiger charge is 2.21. The van der Waals surface area contributed by atoms with Gasteiger partial charge in [0.05, 0.1) is 0 Å². The third-order valence-electron chi connectivity index (χ3n) is 4.14. The molecule has 5 heteroatoms. The number of hydrogen-bond acceptors (Lipinski definition) is 4. The van der Waals surface area contributed by atoms with Crippen LogP contribution in [0.4, 0.5) is 0 Å². The van der Waals surface area contributed by atoms with Gasteiger partial charge in [-0.25, -0.2) is 0 Å². The van der Waals surface area contributed by atoms with Gasteiger partial charge in [-0.1, -0.05) is 35.0 Å². The number of carbonyl (C=O) groups is 1. The van der Waals surface area contributed by atoms with E-state index in [0.29, 0.717) is 5.69 Å². The molecule has 5 nitrogen and oxygen atoms in total. The molecule has 1 aliphatic rings. The van der Waals surface area contributed by atoms with Crippen LogP contribution in [-0.2, 0) is 0 Å². The first kappa shape index (κ1) is 14.8. The fraction of sp³-hybridized carbons (Fsp3) is 0.412. The molecule has 1 aliphatic heterocycles. The van der Waals surface area contributed by atoms with E-state index >= 15 is 0 Å². The van der Waals surface area contributed by atoms with Crippen molar-refractivity contribution in [1.29, 1.82) is 0 Å². The molecule has 1 amide bonds. The normalized spacial score (nSPS) is 16.6. The molecule has 0 aliphatic carbocycles. The zero-order chi connectivity index (χ0) is 15.5. The largest absolute Gasteiger partial charge is 0.350 e. The fourth-order valence-electron chi connectivity index (χ4n) is 2.65. The number of nitrogens with zero attached hydrogens (tertiary/aromatic N) is 2. The van der Waals surface area contributed by atoms with Crippen molar-refractivity contribution in [2.24, 2.45) is 0 Å². The van der Waals surface area contributed by atoms with Crippen molar-refractivity contribution in [2.45, 2.75) is 25.8 Å². The summed E-state index contributed by atoms with van der Waals surface area (Å²) < 4.78 is 5.20. The van der Waals surface area contributed by atoms with Crippen molar-refractivity contribution in [3.05, 3.63) is 41.7 Å². The van der Waals surface area contributed by atoms with Crippen molar-refractivity contribution in [3.8, 4) is 11.3 Å². The van der Waals surface area contributed by atoms with E-state index in [-0.39, 0.29) is 17.7 Å². The van der Waals surface area contributed by atoms with Crippen LogP contribution < -0.4 is 5.32 Å². The molecule has 3 rings (SSSR count).